The first kappa shape index (κ1) is 14.0. The predicted octanol–water partition coefficient (Wildman–Crippen LogP) is 2.80. The highest BCUT2D eigenvalue weighted by atomic mass is 16.5. The zero-order valence-electron chi connectivity index (χ0n) is 11.6. The third-order valence-corrected chi connectivity index (χ3v) is 3.34. The lowest BCUT2D eigenvalue weighted by molar-refractivity contribution is 0.0798. The molecule has 4 nitrogen and oxygen atoms in total. The summed E-state index contributed by atoms with van der Waals surface area (Å²) in [6, 6.07) is 0.211. The molecular formula is C13H24N2O2. The highest BCUT2D eigenvalue weighted by Gasteiger charge is 2.27. The van der Waals surface area contributed by atoms with E-state index in [9.17, 15) is 5.11 Å². The summed E-state index contributed by atoms with van der Waals surface area (Å²) in [5.74, 6) is 1.24. The molecule has 0 spiro atoms. The molecule has 0 saturated carbocycles. The lowest BCUT2D eigenvalue weighted by Crippen LogP contribution is -2.20. The maximum absolute atomic E-state index is 10.4. The standard InChI is InChI=1S/C13H24N2O2/c1-8(2)10(5)13(16)12-11(17-6)7-14-15(12)9(3)4/h7-10,13,16H,1-6H3. The number of ether oxygens (including phenoxy) is 1. The van der Waals surface area contributed by atoms with Gasteiger partial charge in [0.2, 0.25) is 0 Å². The molecule has 1 heterocycles. The SMILES string of the molecule is COc1cnn(C(C)C)c1C(O)C(C)C(C)C. The minimum absolute atomic E-state index is 0.165. The van der Waals surface area contributed by atoms with Crippen molar-refractivity contribution in [3.05, 3.63) is 11.9 Å². The van der Waals surface area contributed by atoms with Crippen LogP contribution in [0.5, 0.6) is 5.75 Å². The molecule has 0 aromatic carbocycles. The molecule has 17 heavy (non-hydrogen) atoms. The second kappa shape index (κ2) is 5.54. The molecular weight excluding hydrogens is 216 g/mol. The second-order valence-corrected chi connectivity index (χ2v) is 5.18. The largest absolute Gasteiger partial charge is 0.493 e. The maximum atomic E-state index is 10.4. The van der Waals surface area contributed by atoms with E-state index in [-0.39, 0.29) is 12.0 Å². The van der Waals surface area contributed by atoms with Crippen LogP contribution in [0.3, 0.4) is 0 Å². The predicted molar refractivity (Wildman–Crippen MR) is 68.1 cm³/mol. The minimum Gasteiger partial charge on any atom is -0.493 e. The summed E-state index contributed by atoms with van der Waals surface area (Å²) in [4.78, 5) is 0. The van der Waals surface area contributed by atoms with Crippen molar-refractivity contribution in [2.24, 2.45) is 11.8 Å². The first-order valence-electron chi connectivity index (χ1n) is 6.19. The topological polar surface area (TPSA) is 47.3 Å². The molecule has 0 bridgehead atoms. The van der Waals surface area contributed by atoms with Crippen LogP contribution in [-0.2, 0) is 0 Å². The average molecular weight is 240 g/mol. The van der Waals surface area contributed by atoms with E-state index in [1.54, 1.807) is 13.3 Å². The Morgan fingerprint density at radius 2 is 1.82 bits per heavy atom. The number of hydrogen-bond donors (Lipinski definition) is 1. The highest BCUT2D eigenvalue weighted by Crippen LogP contribution is 2.34. The van der Waals surface area contributed by atoms with E-state index in [0.717, 1.165) is 5.69 Å². The molecule has 1 aromatic heterocycles. The molecule has 2 atom stereocenters. The van der Waals surface area contributed by atoms with Gasteiger partial charge >= 0.3 is 0 Å². The molecule has 0 aliphatic carbocycles. The molecule has 1 rings (SSSR count). The van der Waals surface area contributed by atoms with Crippen molar-refractivity contribution < 1.29 is 9.84 Å². The van der Waals surface area contributed by atoms with Gasteiger partial charge in [-0.05, 0) is 25.7 Å². The summed E-state index contributed by atoms with van der Waals surface area (Å²) in [5.41, 5.74) is 0.781. The third-order valence-electron chi connectivity index (χ3n) is 3.34. The summed E-state index contributed by atoms with van der Waals surface area (Å²) in [5, 5.41) is 14.7. The molecule has 0 fully saturated rings. The van der Waals surface area contributed by atoms with Crippen molar-refractivity contribution in [2.75, 3.05) is 7.11 Å². The fourth-order valence-corrected chi connectivity index (χ4v) is 1.82. The monoisotopic (exact) mass is 240 g/mol. The zero-order chi connectivity index (χ0) is 13.2. The van der Waals surface area contributed by atoms with Crippen molar-refractivity contribution in [3.8, 4) is 5.75 Å². The third kappa shape index (κ3) is 2.80. The Kier molecular flexibility index (Phi) is 4.57. The van der Waals surface area contributed by atoms with Crippen molar-refractivity contribution in [3.63, 3.8) is 0 Å². The Hall–Kier alpha value is -1.03. The van der Waals surface area contributed by atoms with Gasteiger partial charge in [-0.1, -0.05) is 20.8 Å². The van der Waals surface area contributed by atoms with Crippen molar-refractivity contribution in [2.45, 2.75) is 46.8 Å². The number of aliphatic hydroxyl groups is 1. The zero-order valence-corrected chi connectivity index (χ0v) is 11.6. The molecule has 0 amide bonds. The summed E-state index contributed by atoms with van der Waals surface area (Å²) >= 11 is 0. The van der Waals surface area contributed by atoms with Crippen molar-refractivity contribution in [1.29, 1.82) is 0 Å². The molecule has 0 radical (unpaired) electrons. The smallest absolute Gasteiger partial charge is 0.162 e. The second-order valence-electron chi connectivity index (χ2n) is 5.18. The molecule has 4 heteroatoms. The summed E-state index contributed by atoms with van der Waals surface area (Å²) in [6.07, 6.45) is 1.13. The van der Waals surface area contributed by atoms with E-state index < -0.39 is 6.10 Å². The maximum Gasteiger partial charge on any atom is 0.162 e. The van der Waals surface area contributed by atoms with Crippen LogP contribution in [0.25, 0.3) is 0 Å². The summed E-state index contributed by atoms with van der Waals surface area (Å²) in [6.45, 7) is 10.4. The molecule has 0 saturated heterocycles. The Morgan fingerprint density at radius 1 is 1.24 bits per heavy atom. The van der Waals surface area contributed by atoms with Crippen LogP contribution in [0, 0.1) is 11.8 Å². The van der Waals surface area contributed by atoms with Crippen LogP contribution in [0.2, 0.25) is 0 Å². The Balaban J connectivity index is 3.13. The van der Waals surface area contributed by atoms with E-state index >= 15 is 0 Å². The molecule has 98 valence electrons. The first-order chi connectivity index (χ1) is 7.90. The van der Waals surface area contributed by atoms with Gasteiger partial charge in [-0.25, -0.2) is 0 Å². The van der Waals surface area contributed by atoms with E-state index in [2.05, 4.69) is 18.9 Å². The van der Waals surface area contributed by atoms with Crippen LogP contribution in [0.4, 0.5) is 0 Å². The van der Waals surface area contributed by atoms with Crippen LogP contribution < -0.4 is 4.74 Å². The summed E-state index contributed by atoms with van der Waals surface area (Å²) < 4.78 is 7.12. The summed E-state index contributed by atoms with van der Waals surface area (Å²) in [7, 11) is 1.61. The number of nitrogens with zero attached hydrogens (tertiary/aromatic N) is 2. The average Bonchev–Trinajstić information content (AvgIpc) is 2.70. The van der Waals surface area contributed by atoms with Gasteiger partial charge in [0.1, 0.15) is 11.8 Å². The van der Waals surface area contributed by atoms with E-state index in [0.29, 0.717) is 11.7 Å². The first-order valence-corrected chi connectivity index (χ1v) is 6.19. The number of methoxy groups -OCH3 is 1. The van der Waals surface area contributed by atoms with Crippen molar-refractivity contribution >= 4 is 0 Å². The quantitative estimate of drug-likeness (QED) is 0.861. The minimum atomic E-state index is -0.546. The Bertz CT molecular complexity index is 358. The van der Waals surface area contributed by atoms with Crippen LogP contribution in [-0.4, -0.2) is 22.0 Å². The molecule has 1 aromatic rings. The van der Waals surface area contributed by atoms with Crippen LogP contribution in [0.15, 0.2) is 6.20 Å². The molecule has 0 aliphatic heterocycles. The number of hydrogen-bond acceptors (Lipinski definition) is 3. The Morgan fingerprint density at radius 3 is 2.24 bits per heavy atom. The normalized spacial score (nSPS) is 15.4. The lowest BCUT2D eigenvalue weighted by atomic mass is 9.90. The highest BCUT2D eigenvalue weighted by molar-refractivity contribution is 5.28. The van der Waals surface area contributed by atoms with Gasteiger partial charge in [0.05, 0.1) is 13.3 Å². The van der Waals surface area contributed by atoms with Crippen molar-refractivity contribution in [1.82, 2.24) is 9.78 Å². The number of aliphatic hydroxyl groups excluding tert-OH is 1. The van der Waals surface area contributed by atoms with Gasteiger partial charge in [0.15, 0.2) is 5.75 Å². The van der Waals surface area contributed by atoms with Gasteiger partial charge in [-0.2, -0.15) is 5.10 Å². The lowest BCUT2D eigenvalue weighted by Gasteiger charge is -2.24. The van der Waals surface area contributed by atoms with E-state index in [1.807, 2.05) is 25.5 Å². The number of rotatable bonds is 5. The fraction of sp³-hybridized carbons (Fsp3) is 0.769. The van der Waals surface area contributed by atoms with Gasteiger partial charge in [-0.15, -0.1) is 0 Å². The Labute approximate surface area is 104 Å². The van der Waals surface area contributed by atoms with Gasteiger partial charge in [-0.3, -0.25) is 4.68 Å². The molecule has 0 aliphatic rings. The fourth-order valence-electron chi connectivity index (χ4n) is 1.82. The molecule has 1 N–H and O–H groups in total. The van der Waals surface area contributed by atoms with Gasteiger partial charge < -0.3 is 9.84 Å². The molecule has 2 unspecified atom stereocenters. The van der Waals surface area contributed by atoms with E-state index in [4.69, 9.17) is 4.74 Å². The van der Waals surface area contributed by atoms with Gasteiger partial charge in [0.25, 0.3) is 0 Å². The van der Waals surface area contributed by atoms with Gasteiger partial charge in [0, 0.05) is 6.04 Å². The number of aromatic nitrogens is 2. The van der Waals surface area contributed by atoms with Crippen LogP contribution in [0.1, 0.15) is 52.5 Å². The van der Waals surface area contributed by atoms with E-state index in [1.165, 1.54) is 0 Å². The van der Waals surface area contributed by atoms with Crippen LogP contribution >= 0.6 is 0 Å².